The molecule has 1 aliphatic carbocycles. The van der Waals surface area contributed by atoms with Gasteiger partial charge < -0.3 is 10.6 Å². The number of carbonyl (C=O) groups is 1. The number of nitrogens with zero attached hydrogens (tertiary/aromatic N) is 1. The first-order valence-corrected chi connectivity index (χ1v) is 10.2. The van der Waals surface area contributed by atoms with Crippen molar-refractivity contribution in [2.45, 2.75) is 44.7 Å². The lowest BCUT2D eigenvalue weighted by Crippen LogP contribution is -2.40. The molecule has 2 N–H and O–H groups in total. The Morgan fingerprint density at radius 3 is 2.48 bits per heavy atom. The zero-order chi connectivity index (χ0) is 19.5. The lowest BCUT2D eigenvalue weighted by molar-refractivity contribution is 0.0926. The molecule has 0 aliphatic heterocycles. The number of nitrogens with one attached hydrogen (secondary N) is 2. The summed E-state index contributed by atoms with van der Waals surface area (Å²) in [4.78, 5) is 17.2. The molecule has 29 heavy (non-hydrogen) atoms. The van der Waals surface area contributed by atoms with Gasteiger partial charge in [-0.25, -0.2) is 4.98 Å². The van der Waals surface area contributed by atoms with Crippen molar-refractivity contribution < 1.29 is 4.79 Å². The summed E-state index contributed by atoms with van der Waals surface area (Å²) in [7, 11) is 0. The first-order valence-electron chi connectivity index (χ1n) is 9.78. The van der Waals surface area contributed by atoms with Gasteiger partial charge in [0.2, 0.25) is 0 Å². The van der Waals surface area contributed by atoms with Gasteiger partial charge in [-0.05, 0) is 68.5 Å². The third-order valence-electron chi connectivity index (χ3n) is 5.42. The van der Waals surface area contributed by atoms with Crippen molar-refractivity contribution in [1.29, 1.82) is 0 Å². The van der Waals surface area contributed by atoms with Gasteiger partial charge in [0.1, 0.15) is 5.82 Å². The number of fused-ring (bicyclic) bond motifs is 1. The van der Waals surface area contributed by atoms with E-state index in [9.17, 15) is 4.79 Å². The van der Waals surface area contributed by atoms with Crippen molar-refractivity contribution in [2.75, 3.05) is 5.32 Å². The summed E-state index contributed by atoms with van der Waals surface area (Å²) < 4.78 is 0. The van der Waals surface area contributed by atoms with Gasteiger partial charge >= 0.3 is 0 Å². The minimum absolute atomic E-state index is 0. The van der Waals surface area contributed by atoms with Crippen molar-refractivity contribution in [1.82, 2.24) is 10.3 Å². The Hall–Kier alpha value is -2.30. The number of halogens is 2. The largest absolute Gasteiger partial charge is 0.367 e. The number of aromatic nitrogens is 1. The summed E-state index contributed by atoms with van der Waals surface area (Å²) in [5.74, 6) is 0.883. The van der Waals surface area contributed by atoms with Crippen LogP contribution in [-0.2, 0) is 0 Å². The summed E-state index contributed by atoms with van der Waals surface area (Å²) in [6.07, 6.45) is 3.93. The Balaban J connectivity index is 0.00000240. The number of amides is 1. The van der Waals surface area contributed by atoms with E-state index in [0.717, 1.165) is 37.0 Å². The summed E-state index contributed by atoms with van der Waals surface area (Å²) in [6.45, 7) is 2.12. The molecule has 0 spiro atoms. The number of aryl methyl sites for hydroxylation is 1. The molecule has 0 radical (unpaired) electrons. The predicted octanol–water partition coefficient (Wildman–Crippen LogP) is 5.77. The van der Waals surface area contributed by atoms with Gasteiger partial charge in [-0.2, -0.15) is 0 Å². The van der Waals surface area contributed by atoms with Crippen LogP contribution >= 0.6 is 24.0 Å². The van der Waals surface area contributed by atoms with E-state index >= 15 is 0 Å². The van der Waals surface area contributed by atoms with Crippen LogP contribution in [0.2, 0.25) is 5.02 Å². The maximum Gasteiger partial charge on any atom is 0.251 e. The van der Waals surface area contributed by atoms with E-state index in [-0.39, 0.29) is 24.4 Å². The number of rotatable bonds is 4. The molecule has 1 aliphatic rings. The molecule has 0 atom stereocenters. The summed E-state index contributed by atoms with van der Waals surface area (Å²) in [5, 5.41) is 8.50. The van der Waals surface area contributed by atoms with Crippen molar-refractivity contribution in [2.24, 2.45) is 0 Å². The second-order valence-corrected chi connectivity index (χ2v) is 7.95. The second-order valence-electron chi connectivity index (χ2n) is 7.52. The molecule has 1 heterocycles. The molecule has 3 aromatic rings. The van der Waals surface area contributed by atoms with Crippen LogP contribution in [0, 0.1) is 6.92 Å². The van der Waals surface area contributed by atoms with Crippen molar-refractivity contribution in [3.63, 3.8) is 0 Å². The van der Waals surface area contributed by atoms with Gasteiger partial charge in [0.15, 0.2) is 0 Å². The van der Waals surface area contributed by atoms with Crippen LogP contribution in [0.4, 0.5) is 5.82 Å². The van der Waals surface area contributed by atoms with Gasteiger partial charge in [0.05, 0.1) is 5.52 Å². The molecule has 4 nitrogen and oxygen atoms in total. The van der Waals surface area contributed by atoms with Crippen LogP contribution in [0.1, 0.15) is 41.6 Å². The van der Waals surface area contributed by atoms with E-state index in [1.807, 2.05) is 12.1 Å². The Labute approximate surface area is 182 Å². The van der Waals surface area contributed by atoms with E-state index in [4.69, 9.17) is 16.6 Å². The highest BCUT2D eigenvalue weighted by atomic mass is 35.5. The molecule has 6 heteroatoms. The van der Waals surface area contributed by atoms with Gasteiger partial charge in [0.25, 0.3) is 5.91 Å². The molecular formula is C23H25Cl2N3O. The van der Waals surface area contributed by atoms with Crippen LogP contribution in [0.3, 0.4) is 0 Å². The molecule has 0 bridgehead atoms. The fraction of sp³-hybridized carbons (Fsp3) is 0.304. The molecule has 1 amide bonds. The minimum atomic E-state index is -0.0503. The molecule has 4 rings (SSSR count). The molecule has 1 aromatic heterocycles. The fourth-order valence-electron chi connectivity index (χ4n) is 3.91. The zero-order valence-corrected chi connectivity index (χ0v) is 17.9. The Kier molecular flexibility index (Phi) is 6.99. The first-order chi connectivity index (χ1) is 13.6. The Morgan fingerprint density at radius 1 is 1.00 bits per heavy atom. The van der Waals surface area contributed by atoms with Gasteiger partial charge in [0, 0.05) is 28.1 Å². The minimum Gasteiger partial charge on any atom is -0.367 e. The average Bonchev–Trinajstić information content (AvgIpc) is 2.69. The molecule has 152 valence electrons. The lowest BCUT2D eigenvalue weighted by atomic mass is 9.91. The summed E-state index contributed by atoms with van der Waals surface area (Å²) >= 11 is 5.98. The number of hydrogen-bond acceptors (Lipinski definition) is 3. The topological polar surface area (TPSA) is 54.0 Å². The number of pyridine rings is 1. The Bertz CT molecular complexity index is 1000. The zero-order valence-electron chi connectivity index (χ0n) is 16.3. The van der Waals surface area contributed by atoms with Crippen molar-refractivity contribution >= 4 is 46.6 Å². The Morgan fingerprint density at radius 2 is 1.72 bits per heavy atom. The molecule has 0 unspecified atom stereocenters. The third kappa shape index (κ3) is 5.20. The van der Waals surface area contributed by atoms with Crippen LogP contribution in [0.15, 0.2) is 54.6 Å². The molecule has 1 fully saturated rings. The molecule has 1 saturated carbocycles. The van der Waals surface area contributed by atoms with Crippen LogP contribution in [-0.4, -0.2) is 23.0 Å². The van der Waals surface area contributed by atoms with Gasteiger partial charge in [-0.1, -0.05) is 35.9 Å². The highest BCUT2D eigenvalue weighted by Gasteiger charge is 2.23. The van der Waals surface area contributed by atoms with Crippen molar-refractivity contribution in [3.8, 4) is 0 Å². The lowest BCUT2D eigenvalue weighted by Gasteiger charge is -2.30. The van der Waals surface area contributed by atoms with Crippen molar-refractivity contribution in [3.05, 3.63) is 70.7 Å². The number of hydrogen-bond donors (Lipinski definition) is 2. The number of benzene rings is 2. The maximum absolute atomic E-state index is 12.4. The first kappa shape index (κ1) is 21.4. The fourth-order valence-corrected chi connectivity index (χ4v) is 4.10. The van der Waals surface area contributed by atoms with Gasteiger partial charge in [-0.3, -0.25) is 4.79 Å². The van der Waals surface area contributed by atoms with E-state index in [0.29, 0.717) is 16.6 Å². The normalized spacial score (nSPS) is 18.7. The number of anilines is 1. The molecular weight excluding hydrogens is 405 g/mol. The van der Waals surface area contributed by atoms with E-state index < -0.39 is 0 Å². The molecule has 2 aromatic carbocycles. The van der Waals surface area contributed by atoms with Crippen LogP contribution < -0.4 is 10.6 Å². The van der Waals surface area contributed by atoms with E-state index in [1.54, 1.807) is 24.3 Å². The SMILES string of the molecule is Cc1cc(NC2CCC(NC(=O)c3cccc(Cl)c3)CC2)nc2ccccc12.Cl. The van der Waals surface area contributed by atoms with Gasteiger partial charge in [-0.15, -0.1) is 12.4 Å². The number of para-hydroxylation sites is 1. The smallest absolute Gasteiger partial charge is 0.251 e. The second kappa shape index (κ2) is 9.47. The quantitative estimate of drug-likeness (QED) is 0.553. The summed E-state index contributed by atoms with van der Waals surface area (Å²) in [5.41, 5.74) is 2.87. The molecule has 0 saturated heterocycles. The highest BCUT2D eigenvalue weighted by Crippen LogP contribution is 2.25. The summed E-state index contributed by atoms with van der Waals surface area (Å²) in [6, 6.07) is 18.0. The maximum atomic E-state index is 12.4. The van der Waals surface area contributed by atoms with E-state index in [2.05, 4.69) is 35.8 Å². The monoisotopic (exact) mass is 429 g/mol. The predicted molar refractivity (Wildman–Crippen MR) is 122 cm³/mol. The third-order valence-corrected chi connectivity index (χ3v) is 5.66. The van der Waals surface area contributed by atoms with Crippen LogP contribution in [0.25, 0.3) is 10.9 Å². The highest BCUT2D eigenvalue weighted by molar-refractivity contribution is 6.30. The van der Waals surface area contributed by atoms with E-state index in [1.165, 1.54) is 10.9 Å². The van der Waals surface area contributed by atoms with Crippen LogP contribution in [0.5, 0.6) is 0 Å². The number of carbonyl (C=O) groups excluding carboxylic acids is 1. The standard InChI is InChI=1S/C23H24ClN3O.ClH/c1-15-13-22(27-21-8-3-2-7-20(15)21)25-18-9-11-19(12-10-18)26-23(28)16-5-4-6-17(24)14-16;/h2-8,13-14,18-19H,9-12H2,1H3,(H,25,27)(H,26,28);1H. The average molecular weight is 430 g/mol.